The Hall–Kier alpha value is -1.24. The first kappa shape index (κ1) is 18.8. The molecule has 0 radical (unpaired) electrons. The molecule has 1 nitrogen and oxygen atoms in total. The minimum Gasteiger partial charge on any atom is -0.499 e. The second-order valence-corrected chi connectivity index (χ2v) is 6.45. The Morgan fingerprint density at radius 1 is 1.05 bits per heavy atom. The highest BCUT2D eigenvalue weighted by Crippen LogP contribution is 2.16. The number of benzene rings is 1. The van der Waals surface area contributed by atoms with E-state index in [9.17, 15) is 0 Å². The van der Waals surface area contributed by atoms with Gasteiger partial charge in [-0.25, -0.2) is 0 Å². The van der Waals surface area contributed by atoms with Crippen LogP contribution in [0.2, 0.25) is 0 Å². The fourth-order valence-corrected chi connectivity index (χ4v) is 2.94. The monoisotopic (exact) mass is 302 g/mol. The highest BCUT2D eigenvalue weighted by atomic mass is 16.5. The molecule has 0 fully saturated rings. The van der Waals surface area contributed by atoms with Crippen LogP contribution in [-0.4, -0.2) is 6.61 Å². The Morgan fingerprint density at radius 3 is 2.36 bits per heavy atom. The smallest absolute Gasteiger partial charge is 0.0888 e. The molecule has 0 aliphatic heterocycles. The van der Waals surface area contributed by atoms with Gasteiger partial charge in [0.05, 0.1) is 12.4 Å². The van der Waals surface area contributed by atoms with Crippen LogP contribution in [0.25, 0.3) is 0 Å². The van der Waals surface area contributed by atoms with Crippen LogP contribution < -0.4 is 0 Å². The lowest BCUT2D eigenvalue weighted by molar-refractivity contribution is 0.218. The van der Waals surface area contributed by atoms with Gasteiger partial charge >= 0.3 is 0 Å². The van der Waals surface area contributed by atoms with Crippen LogP contribution in [0, 0.1) is 5.92 Å². The summed E-state index contributed by atoms with van der Waals surface area (Å²) in [6.45, 7) is 11.3. The van der Waals surface area contributed by atoms with Crippen molar-refractivity contribution >= 4 is 0 Å². The number of rotatable bonds is 12. The minimum atomic E-state index is 0.738. The molecule has 0 bridgehead atoms. The van der Waals surface area contributed by atoms with Crippen molar-refractivity contribution in [2.75, 3.05) is 6.61 Å². The summed E-state index contributed by atoms with van der Waals surface area (Å²) in [6.07, 6.45) is 9.71. The maximum absolute atomic E-state index is 5.37. The molecule has 0 aromatic heterocycles. The van der Waals surface area contributed by atoms with Crippen LogP contribution in [0.3, 0.4) is 0 Å². The number of hydrogen-bond acceptors (Lipinski definition) is 1. The molecule has 1 aromatic carbocycles. The number of ether oxygens (including phenoxy) is 1. The van der Waals surface area contributed by atoms with Gasteiger partial charge in [-0.1, -0.05) is 64.0 Å². The largest absolute Gasteiger partial charge is 0.499 e. The van der Waals surface area contributed by atoms with Crippen molar-refractivity contribution in [2.45, 2.75) is 72.1 Å². The molecular weight excluding hydrogens is 268 g/mol. The molecule has 0 saturated carbocycles. The molecule has 0 heterocycles. The van der Waals surface area contributed by atoms with E-state index in [1.54, 1.807) is 0 Å². The summed E-state index contributed by atoms with van der Waals surface area (Å²) in [7, 11) is 0. The maximum atomic E-state index is 5.37. The predicted octanol–water partition coefficient (Wildman–Crippen LogP) is 6.32. The SMILES string of the molecule is C=C(CCCCCc1ccc(CC(C)CCC)cc1)OCC. The number of unbranched alkanes of at least 4 members (excludes halogenated alkanes) is 2. The fourth-order valence-electron chi connectivity index (χ4n) is 2.94. The van der Waals surface area contributed by atoms with Crippen LogP contribution in [0.15, 0.2) is 36.6 Å². The van der Waals surface area contributed by atoms with Gasteiger partial charge in [-0.2, -0.15) is 0 Å². The molecule has 0 aliphatic rings. The second kappa shape index (κ2) is 11.3. The van der Waals surface area contributed by atoms with E-state index in [0.29, 0.717) is 0 Å². The van der Waals surface area contributed by atoms with E-state index in [2.05, 4.69) is 44.7 Å². The van der Waals surface area contributed by atoms with E-state index in [1.165, 1.54) is 56.1 Å². The number of aryl methyl sites for hydroxylation is 1. The Balaban J connectivity index is 2.20. The lowest BCUT2D eigenvalue weighted by atomic mass is 9.95. The van der Waals surface area contributed by atoms with Gasteiger partial charge in [-0.3, -0.25) is 0 Å². The maximum Gasteiger partial charge on any atom is 0.0888 e. The van der Waals surface area contributed by atoms with E-state index in [-0.39, 0.29) is 0 Å². The van der Waals surface area contributed by atoms with Gasteiger partial charge in [-0.05, 0) is 49.7 Å². The molecule has 1 rings (SSSR count). The first-order valence-corrected chi connectivity index (χ1v) is 9.04. The summed E-state index contributed by atoms with van der Waals surface area (Å²) in [5.74, 6) is 1.74. The first-order valence-electron chi connectivity index (χ1n) is 9.04. The third-order valence-corrected chi connectivity index (χ3v) is 4.16. The van der Waals surface area contributed by atoms with Gasteiger partial charge < -0.3 is 4.74 Å². The highest BCUT2D eigenvalue weighted by molar-refractivity contribution is 5.23. The minimum absolute atomic E-state index is 0.738. The zero-order valence-corrected chi connectivity index (χ0v) is 14.9. The van der Waals surface area contributed by atoms with E-state index in [0.717, 1.165) is 24.7 Å². The topological polar surface area (TPSA) is 9.23 Å². The lowest BCUT2D eigenvalue weighted by Gasteiger charge is -2.10. The van der Waals surface area contributed by atoms with Crippen LogP contribution in [0.4, 0.5) is 0 Å². The van der Waals surface area contributed by atoms with Crippen molar-refractivity contribution in [3.8, 4) is 0 Å². The summed E-state index contributed by atoms with van der Waals surface area (Å²) in [5, 5.41) is 0. The molecule has 1 heteroatoms. The van der Waals surface area contributed by atoms with E-state index >= 15 is 0 Å². The van der Waals surface area contributed by atoms with Crippen molar-refractivity contribution in [1.29, 1.82) is 0 Å². The Morgan fingerprint density at radius 2 is 1.73 bits per heavy atom. The standard InChI is InChI=1S/C21H34O/c1-5-10-18(3)17-21-15-13-20(14-16-21)12-9-7-8-11-19(4)22-6-2/h13-16,18H,4-12,17H2,1-3H3. The summed E-state index contributed by atoms with van der Waals surface area (Å²) in [4.78, 5) is 0. The first-order chi connectivity index (χ1) is 10.7. The van der Waals surface area contributed by atoms with E-state index in [4.69, 9.17) is 4.74 Å². The second-order valence-electron chi connectivity index (χ2n) is 6.45. The Bertz CT molecular complexity index is 404. The molecule has 1 aromatic rings. The number of allylic oxidation sites excluding steroid dienone is 1. The molecule has 22 heavy (non-hydrogen) atoms. The molecule has 124 valence electrons. The molecular formula is C21H34O. The summed E-state index contributed by atoms with van der Waals surface area (Å²) in [6, 6.07) is 9.26. The van der Waals surface area contributed by atoms with Gasteiger partial charge in [0.25, 0.3) is 0 Å². The summed E-state index contributed by atoms with van der Waals surface area (Å²) >= 11 is 0. The Kier molecular flexibility index (Phi) is 9.70. The van der Waals surface area contributed by atoms with Crippen LogP contribution in [0.1, 0.15) is 70.4 Å². The predicted molar refractivity (Wildman–Crippen MR) is 97.2 cm³/mol. The molecule has 0 N–H and O–H groups in total. The molecule has 0 amide bonds. The van der Waals surface area contributed by atoms with E-state index < -0.39 is 0 Å². The van der Waals surface area contributed by atoms with Gasteiger partial charge in [0.15, 0.2) is 0 Å². The molecule has 1 atom stereocenters. The van der Waals surface area contributed by atoms with Crippen molar-refractivity contribution in [1.82, 2.24) is 0 Å². The number of hydrogen-bond donors (Lipinski definition) is 0. The summed E-state index contributed by atoms with van der Waals surface area (Å²) in [5.41, 5.74) is 2.95. The van der Waals surface area contributed by atoms with Gasteiger partial charge in [0.1, 0.15) is 0 Å². The average molecular weight is 303 g/mol. The Labute approximate surface area is 137 Å². The normalized spacial score (nSPS) is 12.1. The average Bonchev–Trinajstić information content (AvgIpc) is 2.49. The molecule has 0 aliphatic carbocycles. The van der Waals surface area contributed by atoms with E-state index in [1.807, 2.05) is 6.92 Å². The van der Waals surface area contributed by atoms with Crippen molar-refractivity contribution in [2.24, 2.45) is 5.92 Å². The quantitative estimate of drug-likeness (QED) is 0.324. The summed E-state index contributed by atoms with van der Waals surface area (Å²) < 4.78 is 5.37. The lowest BCUT2D eigenvalue weighted by Crippen LogP contribution is -1.99. The van der Waals surface area contributed by atoms with Gasteiger partial charge in [-0.15, -0.1) is 0 Å². The van der Waals surface area contributed by atoms with Crippen LogP contribution in [-0.2, 0) is 17.6 Å². The third-order valence-electron chi connectivity index (χ3n) is 4.16. The fraction of sp³-hybridized carbons (Fsp3) is 0.619. The van der Waals surface area contributed by atoms with Crippen molar-refractivity contribution in [3.05, 3.63) is 47.7 Å². The zero-order valence-electron chi connectivity index (χ0n) is 14.9. The van der Waals surface area contributed by atoms with Crippen molar-refractivity contribution in [3.63, 3.8) is 0 Å². The molecule has 0 spiro atoms. The van der Waals surface area contributed by atoms with Gasteiger partial charge in [0.2, 0.25) is 0 Å². The third kappa shape index (κ3) is 8.26. The van der Waals surface area contributed by atoms with Crippen molar-refractivity contribution < 1.29 is 4.74 Å². The highest BCUT2D eigenvalue weighted by Gasteiger charge is 2.03. The van der Waals surface area contributed by atoms with Gasteiger partial charge in [0, 0.05) is 6.42 Å². The molecule has 0 saturated heterocycles. The molecule has 1 unspecified atom stereocenters. The van der Waals surface area contributed by atoms with Crippen LogP contribution in [0.5, 0.6) is 0 Å². The van der Waals surface area contributed by atoms with Crippen LogP contribution >= 0.6 is 0 Å². The zero-order chi connectivity index (χ0) is 16.2.